The Kier molecular flexibility index (Phi) is 3.51. The van der Waals surface area contributed by atoms with Gasteiger partial charge in [0.15, 0.2) is 5.16 Å². The Bertz CT molecular complexity index is 564. The second kappa shape index (κ2) is 5.08. The van der Waals surface area contributed by atoms with E-state index in [2.05, 4.69) is 25.5 Å². The number of carboxylic acids is 1. The molecule has 2 aromatic heterocycles. The molecule has 0 unspecified atom stereocenters. The monoisotopic (exact) mass is 266 g/mol. The van der Waals surface area contributed by atoms with Gasteiger partial charge >= 0.3 is 5.97 Å². The molecule has 2 rings (SSSR count). The van der Waals surface area contributed by atoms with Gasteiger partial charge in [-0.25, -0.2) is 14.6 Å². The van der Waals surface area contributed by atoms with E-state index in [1.54, 1.807) is 0 Å². The Hall–Kier alpha value is -2.03. The van der Waals surface area contributed by atoms with Crippen LogP contribution in [-0.4, -0.2) is 41.3 Å². The van der Waals surface area contributed by atoms with Crippen LogP contribution < -0.4 is 0 Å². The van der Waals surface area contributed by atoms with E-state index < -0.39 is 5.97 Å². The van der Waals surface area contributed by atoms with Crippen molar-refractivity contribution in [3.8, 4) is 0 Å². The fourth-order valence-corrected chi connectivity index (χ4v) is 2.14. The highest BCUT2D eigenvalue weighted by molar-refractivity contribution is 7.99. The molecule has 0 fully saturated rings. The molecule has 0 amide bonds. The Morgan fingerprint density at radius 1 is 1.39 bits per heavy atom. The number of hydrogen-bond donors (Lipinski definition) is 1. The third-order valence-corrected chi connectivity index (χ3v) is 2.77. The number of rotatable bonds is 4. The van der Waals surface area contributed by atoms with E-state index in [9.17, 15) is 4.79 Å². The summed E-state index contributed by atoms with van der Waals surface area (Å²) in [5, 5.41) is 20.3. The average molecular weight is 266 g/mol. The van der Waals surface area contributed by atoms with Crippen molar-refractivity contribution >= 4 is 17.7 Å². The topological polar surface area (TPSA) is 107 Å². The lowest BCUT2D eigenvalue weighted by Gasteiger charge is -2.02. The highest BCUT2D eigenvalue weighted by Crippen LogP contribution is 2.21. The molecule has 0 bridgehead atoms. The number of aromatic nitrogens is 6. The van der Waals surface area contributed by atoms with Crippen LogP contribution in [-0.2, 0) is 11.3 Å². The maximum Gasteiger partial charge on any atom is 0.325 e. The summed E-state index contributed by atoms with van der Waals surface area (Å²) in [6, 6.07) is 1.85. The molecular weight excluding hydrogens is 256 g/mol. The third kappa shape index (κ3) is 3.00. The molecule has 0 aliphatic carbocycles. The number of tetrazole rings is 1. The predicted octanol–water partition coefficient (Wildman–Crippen LogP) is 0.316. The van der Waals surface area contributed by atoms with E-state index in [0.29, 0.717) is 10.3 Å². The van der Waals surface area contributed by atoms with Gasteiger partial charge in [-0.3, -0.25) is 4.79 Å². The van der Waals surface area contributed by atoms with Gasteiger partial charge in [-0.05, 0) is 42.1 Å². The van der Waals surface area contributed by atoms with Crippen LogP contribution in [0.4, 0.5) is 0 Å². The summed E-state index contributed by atoms with van der Waals surface area (Å²) in [7, 11) is 0. The zero-order valence-electron chi connectivity index (χ0n) is 9.73. The molecule has 0 saturated carbocycles. The second-order valence-corrected chi connectivity index (χ2v) is 4.48. The van der Waals surface area contributed by atoms with Crippen molar-refractivity contribution in [2.45, 2.75) is 30.7 Å². The van der Waals surface area contributed by atoms with Gasteiger partial charge in [-0.15, -0.1) is 5.10 Å². The van der Waals surface area contributed by atoms with E-state index >= 15 is 0 Å². The summed E-state index contributed by atoms with van der Waals surface area (Å²) >= 11 is 1.13. The van der Waals surface area contributed by atoms with Gasteiger partial charge in [-0.2, -0.15) is 0 Å². The Morgan fingerprint density at radius 2 is 2.06 bits per heavy atom. The molecule has 0 atom stereocenters. The molecule has 18 heavy (non-hydrogen) atoms. The smallest absolute Gasteiger partial charge is 0.325 e. The molecule has 94 valence electrons. The summed E-state index contributed by atoms with van der Waals surface area (Å²) < 4.78 is 1.19. The highest BCUT2D eigenvalue weighted by atomic mass is 32.2. The summed E-state index contributed by atoms with van der Waals surface area (Å²) in [6.45, 7) is 3.43. The van der Waals surface area contributed by atoms with Gasteiger partial charge in [0.1, 0.15) is 6.54 Å². The fourth-order valence-electron chi connectivity index (χ4n) is 1.32. The first-order valence-corrected chi connectivity index (χ1v) is 5.84. The standard InChI is InChI=1S/C9H10N6O2S/c1-5-3-6(2)11-8(10-5)18-9-12-13-14-15(9)4-7(16)17/h3H,4H2,1-2H3,(H,16,17). The van der Waals surface area contributed by atoms with Crippen LogP contribution >= 0.6 is 11.8 Å². The highest BCUT2D eigenvalue weighted by Gasteiger charge is 2.12. The first-order valence-electron chi connectivity index (χ1n) is 5.02. The summed E-state index contributed by atoms with van der Waals surface area (Å²) in [5.41, 5.74) is 1.67. The van der Waals surface area contributed by atoms with E-state index in [1.807, 2.05) is 19.9 Å². The van der Waals surface area contributed by atoms with Crippen LogP contribution in [0.25, 0.3) is 0 Å². The van der Waals surface area contributed by atoms with Crippen LogP contribution in [0.1, 0.15) is 11.4 Å². The summed E-state index contributed by atoms with van der Waals surface area (Å²) in [5.74, 6) is -1.01. The van der Waals surface area contributed by atoms with Gasteiger partial charge in [0.05, 0.1) is 0 Å². The van der Waals surface area contributed by atoms with Gasteiger partial charge in [0.2, 0.25) is 5.16 Å². The Morgan fingerprint density at radius 3 is 2.67 bits per heavy atom. The van der Waals surface area contributed by atoms with E-state index in [4.69, 9.17) is 5.11 Å². The molecule has 8 nitrogen and oxygen atoms in total. The number of carbonyl (C=O) groups is 1. The Balaban J connectivity index is 2.23. The number of aryl methyl sites for hydroxylation is 2. The first kappa shape index (κ1) is 12.4. The SMILES string of the molecule is Cc1cc(C)nc(Sc2nnnn2CC(=O)O)n1. The maximum atomic E-state index is 10.6. The van der Waals surface area contributed by atoms with Gasteiger partial charge in [0, 0.05) is 11.4 Å². The van der Waals surface area contributed by atoms with Crippen molar-refractivity contribution in [1.82, 2.24) is 30.2 Å². The van der Waals surface area contributed by atoms with E-state index in [-0.39, 0.29) is 6.54 Å². The van der Waals surface area contributed by atoms with Crippen molar-refractivity contribution in [3.63, 3.8) is 0 Å². The summed E-state index contributed by atoms with van der Waals surface area (Å²) in [6.07, 6.45) is 0. The van der Waals surface area contributed by atoms with Crippen LogP contribution in [0.15, 0.2) is 16.4 Å². The minimum atomic E-state index is -1.01. The lowest BCUT2D eigenvalue weighted by Crippen LogP contribution is -2.11. The van der Waals surface area contributed by atoms with Gasteiger partial charge < -0.3 is 5.11 Å². The molecule has 2 aromatic rings. The van der Waals surface area contributed by atoms with Crippen molar-refractivity contribution < 1.29 is 9.90 Å². The number of hydrogen-bond acceptors (Lipinski definition) is 7. The van der Waals surface area contributed by atoms with E-state index in [0.717, 1.165) is 23.1 Å². The quantitative estimate of drug-likeness (QED) is 0.788. The molecule has 0 aliphatic rings. The van der Waals surface area contributed by atoms with Crippen LogP contribution in [0, 0.1) is 13.8 Å². The first-order chi connectivity index (χ1) is 8.54. The molecule has 0 radical (unpaired) electrons. The molecule has 2 heterocycles. The minimum absolute atomic E-state index is 0.292. The zero-order valence-corrected chi connectivity index (χ0v) is 10.5. The number of carboxylic acid groups (broad SMARTS) is 1. The van der Waals surface area contributed by atoms with Crippen molar-refractivity contribution in [3.05, 3.63) is 17.5 Å². The van der Waals surface area contributed by atoms with Gasteiger partial charge in [-0.1, -0.05) is 0 Å². The lowest BCUT2D eigenvalue weighted by molar-refractivity contribution is -0.138. The van der Waals surface area contributed by atoms with Crippen molar-refractivity contribution in [1.29, 1.82) is 0 Å². The van der Waals surface area contributed by atoms with Crippen LogP contribution in [0.3, 0.4) is 0 Å². The molecular formula is C9H10N6O2S. The molecule has 0 saturated heterocycles. The minimum Gasteiger partial charge on any atom is -0.480 e. The van der Waals surface area contributed by atoms with Crippen molar-refractivity contribution in [2.75, 3.05) is 0 Å². The molecule has 0 aromatic carbocycles. The van der Waals surface area contributed by atoms with Crippen molar-refractivity contribution in [2.24, 2.45) is 0 Å². The van der Waals surface area contributed by atoms with Gasteiger partial charge in [0.25, 0.3) is 0 Å². The second-order valence-electron chi connectivity index (χ2n) is 3.55. The van der Waals surface area contributed by atoms with Crippen LogP contribution in [0.2, 0.25) is 0 Å². The molecule has 1 N–H and O–H groups in total. The third-order valence-electron chi connectivity index (χ3n) is 1.93. The normalized spacial score (nSPS) is 10.6. The largest absolute Gasteiger partial charge is 0.480 e. The predicted molar refractivity (Wildman–Crippen MR) is 61.1 cm³/mol. The summed E-state index contributed by atoms with van der Waals surface area (Å²) in [4.78, 5) is 19.1. The molecule has 0 aliphatic heterocycles. The number of aliphatic carboxylic acids is 1. The Labute approximate surface area is 106 Å². The molecule has 9 heteroatoms. The molecule has 0 spiro atoms. The zero-order chi connectivity index (χ0) is 13.1. The van der Waals surface area contributed by atoms with E-state index in [1.165, 1.54) is 4.68 Å². The maximum absolute atomic E-state index is 10.6. The number of nitrogens with zero attached hydrogens (tertiary/aromatic N) is 6. The lowest BCUT2D eigenvalue weighted by atomic mass is 10.4. The van der Waals surface area contributed by atoms with Crippen LogP contribution in [0.5, 0.6) is 0 Å². The fraction of sp³-hybridized carbons (Fsp3) is 0.333. The average Bonchev–Trinajstić information content (AvgIpc) is 2.63.